The summed E-state index contributed by atoms with van der Waals surface area (Å²) in [5, 5.41) is 3.94. The van der Waals surface area contributed by atoms with Crippen LogP contribution in [0.3, 0.4) is 0 Å². The molecule has 1 heterocycles. The molecule has 3 aromatic carbocycles. The normalized spacial score (nSPS) is 11.1. The molecule has 0 aliphatic carbocycles. The van der Waals surface area contributed by atoms with Crippen LogP contribution in [0.2, 0.25) is 0 Å². The maximum absolute atomic E-state index is 12.4. The number of hydrogen-bond donors (Lipinski definition) is 1. The number of nitrogens with zero attached hydrogens (tertiary/aromatic N) is 1. The van der Waals surface area contributed by atoms with E-state index < -0.39 is 0 Å². The van der Waals surface area contributed by atoms with Crippen molar-refractivity contribution in [3.63, 3.8) is 0 Å². The van der Waals surface area contributed by atoms with Gasteiger partial charge in [0.15, 0.2) is 0 Å². The van der Waals surface area contributed by atoms with E-state index in [0.29, 0.717) is 11.5 Å². The van der Waals surface area contributed by atoms with Crippen molar-refractivity contribution in [2.45, 2.75) is 19.8 Å². The number of nitrogens with one attached hydrogen (secondary N) is 1. The second-order valence-corrected chi connectivity index (χ2v) is 7.83. The first-order chi connectivity index (χ1) is 13.1. The van der Waals surface area contributed by atoms with Gasteiger partial charge < -0.3 is 5.32 Å². The lowest BCUT2D eigenvalue weighted by Gasteiger charge is -2.08. The van der Waals surface area contributed by atoms with Crippen molar-refractivity contribution in [1.29, 1.82) is 0 Å². The van der Waals surface area contributed by atoms with E-state index in [-0.39, 0.29) is 5.91 Å². The predicted molar refractivity (Wildman–Crippen MR) is 114 cm³/mol. The number of rotatable bonds is 4. The third-order valence-electron chi connectivity index (χ3n) is 4.52. The predicted octanol–water partition coefficient (Wildman–Crippen LogP) is 6.34. The Hall–Kier alpha value is -2.98. The highest BCUT2D eigenvalue weighted by Gasteiger charge is 2.09. The molecule has 4 rings (SSSR count). The fourth-order valence-electron chi connectivity index (χ4n) is 2.91. The molecule has 1 aromatic heterocycles. The maximum atomic E-state index is 12.4. The molecule has 0 spiro atoms. The molecular weight excluding hydrogens is 352 g/mol. The minimum atomic E-state index is -0.0990. The molecule has 0 atom stereocenters. The minimum Gasteiger partial charge on any atom is -0.322 e. The standard InChI is InChI=1S/C23H20N2OS/c1-15(2)16-7-9-17(10-8-16)22(26)24-19-13-11-18(12-14-19)23-25-20-5-3-4-6-21(20)27-23/h3-15H,1-2H3,(H,24,26). The van der Waals surface area contributed by atoms with Gasteiger partial charge in [-0.2, -0.15) is 0 Å². The van der Waals surface area contributed by atoms with Crippen molar-refractivity contribution in [2.24, 2.45) is 0 Å². The van der Waals surface area contributed by atoms with Gasteiger partial charge in [0.1, 0.15) is 5.01 Å². The first kappa shape index (κ1) is 17.4. The molecule has 0 fully saturated rings. The zero-order valence-electron chi connectivity index (χ0n) is 15.3. The molecule has 0 unspecified atom stereocenters. The molecule has 4 aromatic rings. The lowest BCUT2D eigenvalue weighted by molar-refractivity contribution is 0.102. The molecule has 0 radical (unpaired) electrons. The van der Waals surface area contributed by atoms with Crippen LogP contribution in [0.25, 0.3) is 20.8 Å². The van der Waals surface area contributed by atoms with Crippen LogP contribution in [0.5, 0.6) is 0 Å². The molecule has 134 valence electrons. The summed E-state index contributed by atoms with van der Waals surface area (Å²) < 4.78 is 1.18. The zero-order chi connectivity index (χ0) is 18.8. The molecule has 4 heteroatoms. The van der Waals surface area contributed by atoms with E-state index in [2.05, 4.69) is 30.2 Å². The fraction of sp³-hybridized carbons (Fsp3) is 0.130. The van der Waals surface area contributed by atoms with E-state index in [4.69, 9.17) is 0 Å². The van der Waals surface area contributed by atoms with Crippen LogP contribution >= 0.6 is 11.3 Å². The number of thiazole rings is 1. The van der Waals surface area contributed by atoms with Gasteiger partial charge in [-0.05, 0) is 60.0 Å². The lowest BCUT2D eigenvalue weighted by Crippen LogP contribution is -2.11. The van der Waals surface area contributed by atoms with Gasteiger partial charge in [0.05, 0.1) is 10.2 Å². The highest BCUT2D eigenvalue weighted by molar-refractivity contribution is 7.21. The SMILES string of the molecule is CC(C)c1ccc(C(=O)Nc2ccc(-c3nc4ccccc4s3)cc2)cc1. The number of hydrogen-bond acceptors (Lipinski definition) is 3. The number of benzene rings is 3. The van der Waals surface area contributed by atoms with Crippen LogP contribution in [-0.4, -0.2) is 10.9 Å². The highest BCUT2D eigenvalue weighted by atomic mass is 32.1. The van der Waals surface area contributed by atoms with Crippen LogP contribution in [-0.2, 0) is 0 Å². The van der Waals surface area contributed by atoms with Crippen molar-refractivity contribution < 1.29 is 4.79 Å². The van der Waals surface area contributed by atoms with Crippen LogP contribution in [0.4, 0.5) is 5.69 Å². The molecule has 27 heavy (non-hydrogen) atoms. The zero-order valence-corrected chi connectivity index (χ0v) is 16.1. The summed E-state index contributed by atoms with van der Waals surface area (Å²) in [5.74, 6) is 0.357. The number of para-hydroxylation sites is 1. The van der Waals surface area contributed by atoms with Gasteiger partial charge >= 0.3 is 0 Å². The number of carbonyl (C=O) groups is 1. The van der Waals surface area contributed by atoms with Crippen LogP contribution in [0.1, 0.15) is 35.7 Å². The summed E-state index contributed by atoms with van der Waals surface area (Å²) in [6, 6.07) is 23.7. The molecule has 1 N–H and O–H groups in total. The summed E-state index contributed by atoms with van der Waals surface area (Å²) in [7, 11) is 0. The Bertz CT molecular complexity index is 1050. The Morgan fingerprint density at radius 2 is 1.63 bits per heavy atom. The third-order valence-corrected chi connectivity index (χ3v) is 5.61. The Balaban J connectivity index is 1.49. The number of anilines is 1. The molecule has 1 amide bonds. The number of aromatic nitrogens is 1. The van der Waals surface area contributed by atoms with Crippen LogP contribution < -0.4 is 5.32 Å². The lowest BCUT2D eigenvalue weighted by atomic mass is 10.0. The number of amides is 1. The third kappa shape index (κ3) is 3.76. The van der Waals surface area contributed by atoms with Crippen molar-refractivity contribution in [2.75, 3.05) is 5.32 Å². The second kappa shape index (κ2) is 7.33. The maximum Gasteiger partial charge on any atom is 0.255 e. The summed E-state index contributed by atoms with van der Waals surface area (Å²) in [4.78, 5) is 17.1. The van der Waals surface area contributed by atoms with Crippen molar-refractivity contribution in [3.8, 4) is 10.6 Å². The van der Waals surface area contributed by atoms with Gasteiger partial charge in [-0.25, -0.2) is 4.98 Å². The molecule has 3 nitrogen and oxygen atoms in total. The summed E-state index contributed by atoms with van der Waals surface area (Å²) in [6.45, 7) is 4.28. The van der Waals surface area contributed by atoms with Crippen LogP contribution in [0.15, 0.2) is 72.8 Å². The van der Waals surface area contributed by atoms with Gasteiger partial charge in [0.25, 0.3) is 5.91 Å². The summed E-state index contributed by atoms with van der Waals surface area (Å²) in [5.41, 5.74) is 4.73. The largest absolute Gasteiger partial charge is 0.322 e. The molecule has 0 bridgehead atoms. The van der Waals surface area contributed by atoms with Gasteiger partial charge in [-0.15, -0.1) is 11.3 Å². The average molecular weight is 372 g/mol. The van der Waals surface area contributed by atoms with Crippen LogP contribution in [0, 0.1) is 0 Å². The first-order valence-corrected chi connectivity index (χ1v) is 9.79. The van der Waals surface area contributed by atoms with Crippen molar-refractivity contribution >= 4 is 33.1 Å². The molecule has 0 saturated carbocycles. The van der Waals surface area contributed by atoms with E-state index in [1.807, 2.05) is 66.7 Å². The Morgan fingerprint density at radius 1 is 0.926 bits per heavy atom. The van der Waals surface area contributed by atoms with E-state index >= 15 is 0 Å². The monoisotopic (exact) mass is 372 g/mol. The van der Waals surface area contributed by atoms with Gasteiger partial charge in [0.2, 0.25) is 0 Å². The topological polar surface area (TPSA) is 42.0 Å². The molecular formula is C23H20N2OS. The fourth-order valence-corrected chi connectivity index (χ4v) is 3.89. The molecule has 0 saturated heterocycles. The Morgan fingerprint density at radius 3 is 2.30 bits per heavy atom. The Kier molecular flexibility index (Phi) is 4.73. The summed E-state index contributed by atoms with van der Waals surface area (Å²) >= 11 is 1.67. The van der Waals surface area contributed by atoms with E-state index in [9.17, 15) is 4.79 Å². The van der Waals surface area contributed by atoms with Gasteiger partial charge in [0, 0.05) is 16.8 Å². The highest BCUT2D eigenvalue weighted by Crippen LogP contribution is 2.30. The quantitative estimate of drug-likeness (QED) is 0.454. The van der Waals surface area contributed by atoms with E-state index in [1.54, 1.807) is 11.3 Å². The van der Waals surface area contributed by atoms with Crippen molar-refractivity contribution in [1.82, 2.24) is 4.98 Å². The summed E-state index contributed by atoms with van der Waals surface area (Å²) in [6.07, 6.45) is 0. The Labute approximate surface area is 162 Å². The number of carbonyl (C=O) groups excluding carboxylic acids is 1. The average Bonchev–Trinajstić information content (AvgIpc) is 3.13. The van der Waals surface area contributed by atoms with E-state index in [0.717, 1.165) is 21.8 Å². The minimum absolute atomic E-state index is 0.0990. The second-order valence-electron chi connectivity index (χ2n) is 6.79. The molecule has 0 aliphatic rings. The van der Waals surface area contributed by atoms with Crippen molar-refractivity contribution in [3.05, 3.63) is 83.9 Å². The van der Waals surface area contributed by atoms with Gasteiger partial charge in [-0.1, -0.05) is 38.1 Å². The number of fused-ring (bicyclic) bond motifs is 1. The molecule has 0 aliphatic heterocycles. The van der Waals surface area contributed by atoms with Gasteiger partial charge in [-0.3, -0.25) is 4.79 Å². The smallest absolute Gasteiger partial charge is 0.255 e. The van der Waals surface area contributed by atoms with E-state index in [1.165, 1.54) is 10.3 Å². The first-order valence-electron chi connectivity index (χ1n) is 8.97.